The third-order valence-electron chi connectivity index (χ3n) is 2.31. The van der Waals surface area contributed by atoms with Crippen molar-refractivity contribution in [2.24, 2.45) is 5.92 Å². The first-order valence-corrected chi connectivity index (χ1v) is 7.71. The predicted octanol–water partition coefficient (Wildman–Crippen LogP) is 3.84. The van der Waals surface area contributed by atoms with Crippen LogP contribution < -0.4 is 10.1 Å². The summed E-state index contributed by atoms with van der Waals surface area (Å²) in [5.74, 6) is 1.38. The molecule has 2 rings (SSSR count). The number of hydrogen-bond acceptors (Lipinski definition) is 5. The van der Waals surface area contributed by atoms with Crippen LogP contribution in [0, 0.1) is 5.92 Å². The Bertz CT molecular complexity index is 530. The highest BCUT2D eigenvalue weighted by Crippen LogP contribution is 2.30. The lowest BCUT2D eigenvalue weighted by molar-refractivity contribution is 0.470. The quantitative estimate of drug-likeness (QED) is 0.867. The van der Waals surface area contributed by atoms with Gasteiger partial charge in [0.25, 0.3) is 5.19 Å². The van der Waals surface area contributed by atoms with Gasteiger partial charge in [-0.15, -0.1) is 5.10 Å². The van der Waals surface area contributed by atoms with Gasteiger partial charge in [-0.2, -0.15) is 0 Å². The molecule has 0 aliphatic rings. The third kappa shape index (κ3) is 4.56. The van der Waals surface area contributed by atoms with Gasteiger partial charge in [0.1, 0.15) is 10.8 Å². The standard InChI is InChI=1S/C13H16BrN3OS/c1-9(2)7-15-8-12-16-17-13(19-12)18-11-6-4-3-5-10(11)14/h3-6,9,15H,7-8H2,1-2H3. The molecular formula is C13H16BrN3OS. The van der Waals surface area contributed by atoms with Gasteiger partial charge >= 0.3 is 0 Å². The maximum Gasteiger partial charge on any atom is 0.299 e. The largest absolute Gasteiger partial charge is 0.429 e. The number of aromatic nitrogens is 2. The summed E-state index contributed by atoms with van der Waals surface area (Å²) < 4.78 is 6.59. The Balaban J connectivity index is 1.92. The highest BCUT2D eigenvalue weighted by molar-refractivity contribution is 9.10. The van der Waals surface area contributed by atoms with E-state index in [4.69, 9.17) is 4.74 Å². The van der Waals surface area contributed by atoms with Crippen LogP contribution in [0.1, 0.15) is 18.9 Å². The van der Waals surface area contributed by atoms with Crippen LogP contribution in [0.25, 0.3) is 0 Å². The van der Waals surface area contributed by atoms with Crippen molar-refractivity contribution in [1.82, 2.24) is 15.5 Å². The van der Waals surface area contributed by atoms with Gasteiger partial charge < -0.3 is 10.1 Å². The Morgan fingerprint density at radius 1 is 1.32 bits per heavy atom. The second-order valence-electron chi connectivity index (χ2n) is 4.52. The first kappa shape index (κ1) is 14.4. The van der Waals surface area contributed by atoms with Gasteiger partial charge in [-0.25, -0.2) is 0 Å². The summed E-state index contributed by atoms with van der Waals surface area (Å²) in [6, 6.07) is 7.69. The highest BCUT2D eigenvalue weighted by Gasteiger charge is 2.08. The zero-order valence-electron chi connectivity index (χ0n) is 10.9. The van der Waals surface area contributed by atoms with E-state index in [0.717, 1.165) is 28.3 Å². The van der Waals surface area contributed by atoms with Crippen LogP contribution in [-0.4, -0.2) is 16.7 Å². The number of hydrogen-bond donors (Lipinski definition) is 1. The molecule has 0 saturated heterocycles. The second kappa shape index (κ2) is 6.98. The van der Waals surface area contributed by atoms with Gasteiger partial charge in [0.15, 0.2) is 0 Å². The second-order valence-corrected chi connectivity index (χ2v) is 6.40. The molecule has 0 amide bonds. The van der Waals surface area contributed by atoms with Crippen molar-refractivity contribution < 1.29 is 4.74 Å². The lowest BCUT2D eigenvalue weighted by Crippen LogP contribution is -2.18. The molecule has 0 bridgehead atoms. The summed E-state index contributed by atoms with van der Waals surface area (Å²) in [4.78, 5) is 0. The summed E-state index contributed by atoms with van der Waals surface area (Å²) in [7, 11) is 0. The smallest absolute Gasteiger partial charge is 0.299 e. The van der Waals surface area contributed by atoms with E-state index in [0.29, 0.717) is 11.1 Å². The Hall–Kier alpha value is -0.980. The molecule has 1 heterocycles. The van der Waals surface area contributed by atoms with Crippen LogP contribution in [0.15, 0.2) is 28.7 Å². The summed E-state index contributed by atoms with van der Waals surface area (Å²) in [5.41, 5.74) is 0. The molecular weight excluding hydrogens is 326 g/mol. The predicted molar refractivity (Wildman–Crippen MR) is 80.7 cm³/mol. The van der Waals surface area contributed by atoms with Gasteiger partial charge in [0.05, 0.1) is 4.47 Å². The van der Waals surface area contributed by atoms with Gasteiger partial charge in [0, 0.05) is 6.54 Å². The van der Waals surface area contributed by atoms with E-state index < -0.39 is 0 Å². The summed E-state index contributed by atoms with van der Waals surface area (Å²) in [6.07, 6.45) is 0. The van der Waals surface area contributed by atoms with Crippen molar-refractivity contribution in [3.05, 3.63) is 33.7 Å². The van der Waals surface area contributed by atoms with E-state index in [1.807, 2.05) is 24.3 Å². The topological polar surface area (TPSA) is 47.0 Å². The first-order valence-electron chi connectivity index (χ1n) is 6.10. The number of para-hydroxylation sites is 1. The highest BCUT2D eigenvalue weighted by atomic mass is 79.9. The molecule has 0 unspecified atom stereocenters. The minimum absolute atomic E-state index is 0.563. The molecule has 102 valence electrons. The molecule has 6 heteroatoms. The molecule has 19 heavy (non-hydrogen) atoms. The van der Waals surface area contributed by atoms with Gasteiger partial charge in [0.2, 0.25) is 0 Å². The number of nitrogens with one attached hydrogen (secondary N) is 1. The van der Waals surface area contributed by atoms with Gasteiger partial charge in [-0.1, -0.05) is 42.4 Å². The lowest BCUT2D eigenvalue weighted by atomic mass is 10.2. The van der Waals surface area contributed by atoms with Crippen LogP contribution in [0.2, 0.25) is 0 Å². The fourth-order valence-electron chi connectivity index (χ4n) is 1.44. The van der Waals surface area contributed by atoms with Crippen LogP contribution >= 0.6 is 27.3 Å². The summed E-state index contributed by atoms with van der Waals surface area (Å²) in [6.45, 7) is 6.05. The minimum Gasteiger partial charge on any atom is -0.429 e. The van der Waals surface area contributed by atoms with E-state index in [9.17, 15) is 0 Å². The fourth-order valence-corrected chi connectivity index (χ4v) is 2.48. The summed E-state index contributed by atoms with van der Waals surface area (Å²) >= 11 is 4.90. The van der Waals surface area contributed by atoms with Crippen molar-refractivity contribution in [1.29, 1.82) is 0 Å². The monoisotopic (exact) mass is 341 g/mol. The molecule has 0 atom stereocenters. The summed E-state index contributed by atoms with van der Waals surface area (Å²) in [5, 5.41) is 13.0. The molecule has 0 radical (unpaired) electrons. The Labute approximate surface area is 125 Å². The molecule has 1 N–H and O–H groups in total. The van der Waals surface area contributed by atoms with E-state index in [1.165, 1.54) is 11.3 Å². The van der Waals surface area contributed by atoms with E-state index in [1.54, 1.807) is 0 Å². The van der Waals surface area contributed by atoms with Crippen LogP contribution in [0.5, 0.6) is 10.9 Å². The van der Waals surface area contributed by atoms with Crippen molar-refractivity contribution in [2.45, 2.75) is 20.4 Å². The molecule has 1 aromatic carbocycles. The van der Waals surface area contributed by atoms with Crippen molar-refractivity contribution in [3.8, 4) is 10.9 Å². The lowest BCUT2D eigenvalue weighted by Gasteiger charge is -2.04. The third-order valence-corrected chi connectivity index (χ3v) is 3.77. The molecule has 2 aromatic rings. The van der Waals surface area contributed by atoms with Crippen LogP contribution in [0.4, 0.5) is 0 Å². The molecule has 1 aromatic heterocycles. The molecule has 0 aliphatic carbocycles. The minimum atomic E-state index is 0.563. The SMILES string of the molecule is CC(C)CNCc1nnc(Oc2ccccc2Br)s1. The number of nitrogens with zero attached hydrogens (tertiary/aromatic N) is 2. The van der Waals surface area contributed by atoms with Gasteiger partial charge in [-0.3, -0.25) is 0 Å². The normalized spacial score (nSPS) is 10.9. The molecule has 4 nitrogen and oxygen atoms in total. The zero-order valence-corrected chi connectivity index (χ0v) is 13.3. The Morgan fingerprint density at radius 2 is 2.11 bits per heavy atom. The van der Waals surface area contributed by atoms with Crippen molar-refractivity contribution >= 4 is 27.3 Å². The van der Waals surface area contributed by atoms with Crippen LogP contribution in [0.3, 0.4) is 0 Å². The van der Waals surface area contributed by atoms with Crippen molar-refractivity contribution in [3.63, 3.8) is 0 Å². The number of benzene rings is 1. The molecule has 0 saturated carbocycles. The average Bonchev–Trinajstić information content (AvgIpc) is 2.79. The van der Waals surface area contributed by atoms with E-state index in [-0.39, 0.29) is 0 Å². The van der Waals surface area contributed by atoms with E-state index >= 15 is 0 Å². The molecule has 0 spiro atoms. The zero-order chi connectivity index (χ0) is 13.7. The molecule has 0 aliphatic heterocycles. The number of halogens is 1. The van der Waals surface area contributed by atoms with E-state index in [2.05, 4.69) is 45.3 Å². The Kier molecular flexibility index (Phi) is 5.30. The number of rotatable bonds is 6. The number of ether oxygens (including phenoxy) is 1. The maximum absolute atomic E-state index is 5.69. The molecule has 0 fully saturated rings. The van der Waals surface area contributed by atoms with Crippen LogP contribution in [-0.2, 0) is 6.54 Å². The van der Waals surface area contributed by atoms with Gasteiger partial charge in [-0.05, 0) is 40.5 Å². The van der Waals surface area contributed by atoms with Crippen molar-refractivity contribution in [2.75, 3.05) is 6.54 Å². The average molecular weight is 342 g/mol. The first-order chi connectivity index (χ1) is 9.15. The maximum atomic E-state index is 5.69. The fraction of sp³-hybridized carbons (Fsp3) is 0.385. The Morgan fingerprint density at radius 3 is 2.84 bits per heavy atom.